The molecule has 0 spiro atoms. The second kappa shape index (κ2) is 6.93. The van der Waals surface area contributed by atoms with Crippen LogP contribution in [0.1, 0.15) is 43.6 Å². The van der Waals surface area contributed by atoms with Crippen LogP contribution in [0, 0.1) is 5.92 Å². The molecule has 0 bridgehead atoms. The molecule has 24 heavy (non-hydrogen) atoms. The average molecular weight is 334 g/mol. The Balaban J connectivity index is 1.58. The fourth-order valence-corrected chi connectivity index (χ4v) is 3.62. The molecule has 2 N–H and O–H groups in total. The van der Waals surface area contributed by atoms with Gasteiger partial charge in [-0.3, -0.25) is 9.59 Å². The largest absolute Gasteiger partial charge is 0.378 e. The topological polar surface area (TPSA) is 85.2 Å². The number of imidazole rings is 1. The number of ether oxygens (including phenoxy) is 1. The summed E-state index contributed by atoms with van der Waals surface area (Å²) in [5, 5.41) is 5.69. The number of nitrogens with one attached hydrogen (secondary N) is 2. The number of amides is 2. The van der Waals surface area contributed by atoms with E-state index in [-0.39, 0.29) is 23.3 Å². The quantitative estimate of drug-likeness (QED) is 0.804. The van der Waals surface area contributed by atoms with E-state index in [4.69, 9.17) is 4.74 Å². The molecule has 0 saturated heterocycles. The van der Waals surface area contributed by atoms with Gasteiger partial charge in [-0.2, -0.15) is 0 Å². The summed E-state index contributed by atoms with van der Waals surface area (Å²) in [6.07, 6.45) is 6.85. The number of aryl methyl sites for hydroxylation is 1. The fourth-order valence-electron chi connectivity index (χ4n) is 3.62. The van der Waals surface area contributed by atoms with Gasteiger partial charge < -0.3 is 19.9 Å². The maximum atomic E-state index is 12.2. The number of hydrogen-bond donors (Lipinski definition) is 2. The molecular formula is C17H26N4O3. The summed E-state index contributed by atoms with van der Waals surface area (Å²) >= 11 is 0. The Morgan fingerprint density at radius 2 is 2.25 bits per heavy atom. The van der Waals surface area contributed by atoms with Gasteiger partial charge in [-0.25, -0.2) is 4.98 Å². The van der Waals surface area contributed by atoms with Crippen molar-refractivity contribution in [1.82, 2.24) is 20.2 Å². The fraction of sp³-hybridized carbons (Fsp3) is 0.706. The lowest BCUT2D eigenvalue weighted by Crippen LogP contribution is -2.44. The molecule has 1 aliphatic carbocycles. The van der Waals surface area contributed by atoms with E-state index in [1.807, 2.05) is 0 Å². The Morgan fingerprint density at radius 1 is 1.46 bits per heavy atom. The van der Waals surface area contributed by atoms with Crippen molar-refractivity contribution in [3.8, 4) is 0 Å². The number of methoxy groups -OCH3 is 1. The van der Waals surface area contributed by atoms with Gasteiger partial charge in [0.25, 0.3) is 0 Å². The molecule has 0 aromatic carbocycles. The molecule has 0 radical (unpaired) electrons. The van der Waals surface area contributed by atoms with Crippen molar-refractivity contribution in [2.24, 2.45) is 5.92 Å². The minimum Gasteiger partial charge on any atom is -0.378 e. The summed E-state index contributed by atoms with van der Waals surface area (Å²) < 4.78 is 7.57. The standard InChI is InChI=1S/C17H26N4O3/c1-18-16(23)12-4-5-14-19-9-13(21(14)11-12)10-20-15(22)8-17(24-2)6-3-7-17/h9,12H,3-8,10-11H2,1-2H3,(H,18,23)(H,20,22). The third-order valence-corrected chi connectivity index (χ3v) is 5.40. The van der Waals surface area contributed by atoms with Crippen molar-refractivity contribution in [3.63, 3.8) is 0 Å². The highest BCUT2D eigenvalue weighted by Crippen LogP contribution is 2.37. The highest BCUT2D eigenvalue weighted by molar-refractivity contribution is 5.78. The molecule has 2 aliphatic rings. The van der Waals surface area contributed by atoms with E-state index in [0.717, 1.165) is 43.6 Å². The summed E-state index contributed by atoms with van der Waals surface area (Å²) in [7, 11) is 3.34. The van der Waals surface area contributed by atoms with E-state index in [1.165, 1.54) is 0 Å². The smallest absolute Gasteiger partial charge is 0.224 e. The second-order valence-corrected chi connectivity index (χ2v) is 6.82. The molecule has 132 valence electrons. The predicted molar refractivity (Wildman–Crippen MR) is 88.2 cm³/mol. The summed E-state index contributed by atoms with van der Waals surface area (Å²) in [6, 6.07) is 0. The molecule has 1 unspecified atom stereocenters. The van der Waals surface area contributed by atoms with Gasteiger partial charge in [0.2, 0.25) is 11.8 Å². The van der Waals surface area contributed by atoms with E-state index in [0.29, 0.717) is 19.5 Å². The highest BCUT2D eigenvalue weighted by atomic mass is 16.5. The van der Waals surface area contributed by atoms with Gasteiger partial charge in [-0.1, -0.05) is 0 Å². The minimum absolute atomic E-state index is 0.00533. The molecule has 1 saturated carbocycles. The molecule has 1 aromatic rings. The minimum atomic E-state index is -0.259. The second-order valence-electron chi connectivity index (χ2n) is 6.82. The van der Waals surface area contributed by atoms with Crippen molar-refractivity contribution >= 4 is 11.8 Å². The zero-order chi connectivity index (χ0) is 17.2. The van der Waals surface area contributed by atoms with Gasteiger partial charge in [-0.05, 0) is 25.7 Å². The molecule has 1 fully saturated rings. The summed E-state index contributed by atoms with van der Waals surface area (Å²) in [4.78, 5) is 28.5. The number of rotatable bonds is 6. The van der Waals surface area contributed by atoms with E-state index < -0.39 is 0 Å². The predicted octanol–water partition coefficient (Wildman–Crippen LogP) is 0.767. The first-order valence-corrected chi connectivity index (χ1v) is 8.63. The van der Waals surface area contributed by atoms with Crippen molar-refractivity contribution in [2.75, 3.05) is 14.2 Å². The molecule has 2 amide bonds. The van der Waals surface area contributed by atoms with Crippen LogP contribution in [-0.2, 0) is 33.8 Å². The van der Waals surface area contributed by atoms with Crippen LogP contribution < -0.4 is 10.6 Å². The van der Waals surface area contributed by atoms with Gasteiger partial charge in [0.15, 0.2) is 0 Å². The lowest BCUT2D eigenvalue weighted by Gasteiger charge is -2.39. The number of hydrogen-bond acceptors (Lipinski definition) is 4. The van der Waals surface area contributed by atoms with E-state index in [9.17, 15) is 9.59 Å². The molecule has 7 heteroatoms. The lowest BCUT2D eigenvalue weighted by molar-refractivity contribution is -0.134. The first-order chi connectivity index (χ1) is 11.6. The number of aromatic nitrogens is 2. The molecule has 1 atom stereocenters. The Hall–Kier alpha value is -1.89. The van der Waals surface area contributed by atoms with Gasteiger partial charge in [-0.15, -0.1) is 0 Å². The number of carbonyl (C=O) groups is 2. The Morgan fingerprint density at radius 3 is 2.88 bits per heavy atom. The van der Waals surface area contributed by atoms with Gasteiger partial charge in [0, 0.05) is 27.1 Å². The SMILES string of the molecule is CNC(=O)C1CCc2ncc(CNC(=O)CC3(OC)CCC3)n2C1. The van der Waals surface area contributed by atoms with E-state index in [2.05, 4.69) is 20.2 Å². The van der Waals surface area contributed by atoms with Crippen molar-refractivity contribution < 1.29 is 14.3 Å². The van der Waals surface area contributed by atoms with Gasteiger partial charge in [0.05, 0.1) is 36.4 Å². The van der Waals surface area contributed by atoms with Crippen molar-refractivity contribution in [1.29, 1.82) is 0 Å². The third-order valence-electron chi connectivity index (χ3n) is 5.40. The average Bonchev–Trinajstić information content (AvgIpc) is 2.97. The summed E-state index contributed by atoms with van der Waals surface area (Å²) in [6.45, 7) is 1.06. The number of nitrogens with zero attached hydrogens (tertiary/aromatic N) is 2. The Bertz CT molecular complexity index is 616. The van der Waals surface area contributed by atoms with Crippen LogP contribution in [0.25, 0.3) is 0 Å². The van der Waals surface area contributed by atoms with Crippen LogP contribution in [-0.4, -0.2) is 41.1 Å². The summed E-state index contributed by atoms with van der Waals surface area (Å²) in [5.41, 5.74) is 0.692. The molecule has 2 heterocycles. The van der Waals surface area contributed by atoms with Crippen LogP contribution >= 0.6 is 0 Å². The van der Waals surface area contributed by atoms with Crippen molar-refractivity contribution in [3.05, 3.63) is 17.7 Å². The molecule has 1 aromatic heterocycles. The maximum Gasteiger partial charge on any atom is 0.224 e. The summed E-state index contributed by atoms with van der Waals surface area (Å²) in [5.74, 6) is 1.03. The van der Waals surface area contributed by atoms with Gasteiger partial charge in [0.1, 0.15) is 5.82 Å². The maximum absolute atomic E-state index is 12.2. The molecule has 7 nitrogen and oxygen atoms in total. The molecule has 1 aliphatic heterocycles. The normalized spacial score (nSPS) is 21.5. The zero-order valence-corrected chi connectivity index (χ0v) is 14.4. The highest BCUT2D eigenvalue weighted by Gasteiger charge is 2.39. The first-order valence-electron chi connectivity index (χ1n) is 8.63. The third kappa shape index (κ3) is 3.31. The molecular weight excluding hydrogens is 308 g/mol. The van der Waals surface area contributed by atoms with Crippen LogP contribution in [0.4, 0.5) is 0 Å². The van der Waals surface area contributed by atoms with Crippen LogP contribution in [0.5, 0.6) is 0 Å². The Kier molecular flexibility index (Phi) is 4.89. The van der Waals surface area contributed by atoms with Crippen LogP contribution in [0.15, 0.2) is 6.20 Å². The van der Waals surface area contributed by atoms with Gasteiger partial charge >= 0.3 is 0 Å². The molecule has 3 rings (SSSR count). The monoisotopic (exact) mass is 334 g/mol. The lowest BCUT2D eigenvalue weighted by atomic mass is 9.77. The zero-order valence-electron chi connectivity index (χ0n) is 14.4. The van der Waals surface area contributed by atoms with Crippen LogP contribution in [0.3, 0.4) is 0 Å². The first kappa shape index (κ1) is 17.0. The number of fused-ring (bicyclic) bond motifs is 1. The number of carbonyl (C=O) groups excluding carboxylic acids is 2. The van der Waals surface area contributed by atoms with Crippen LogP contribution in [0.2, 0.25) is 0 Å². The van der Waals surface area contributed by atoms with E-state index in [1.54, 1.807) is 20.4 Å². The van der Waals surface area contributed by atoms with E-state index >= 15 is 0 Å². The van der Waals surface area contributed by atoms with Crippen molar-refractivity contribution in [2.45, 2.75) is 57.2 Å². The Labute approximate surface area is 142 Å².